The molecular formula is C33H52Cl3F3N8O4. The van der Waals surface area contributed by atoms with Crippen molar-refractivity contribution < 1.29 is 38.0 Å². The Bertz CT molecular complexity index is 1490. The second-order valence-corrected chi connectivity index (χ2v) is 14.9. The van der Waals surface area contributed by atoms with E-state index in [0.717, 1.165) is 66.9 Å². The van der Waals surface area contributed by atoms with Gasteiger partial charge in [-0.1, -0.05) is 19.0 Å². The number of hydrogen-bond donors (Lipinski definition) is 3. The number of carbonyl (C=O) groups excluding carboxylic acids is 3. The lowest BCUT2D eigenvalue weighted by Gasteiger charge is -2.30. The minimum absolute atomic E-state index is 0. The minimum Gasteiger partial charge on any atom is -0.542 e. The Morgan fingerprint density at radius 3 is 1.63 bits per heavy atom. The lowest BCUT2D eigenvalue weighted by Crippen LogP contribution is -2.88. The van der Waals surface area contributed by atoms with Gasteiger partial charge < -0.3 is 30.8 Å². The first-order valence-corrected chi connectivity index (χ1v) is 17.1. The summed E-state index contributed by atoms with van der Waals surface area (Å²) in [6.07, 6.45) is 0.835. The molecule has 2 amide bonds. The average molecular weight is 788 g/mol. The molecule has 0 unspecified atom stereocenters. The van der Waals surface area contributed by atoms with Crippen LogP contribution in [0.3, 0.4) is 0 Å². The van der Waals surface area contributed by atoms with E-state index in [-0.39, 0.29) is 53.0 Å². The maximum atomic E-state index is 12.3. The van der Waals surface area contributed by atoms with Gasteiger partial charge >= 0.3 is 6.18 Å². The number of nitrogens with zero attached hydrogens (tertiary/aromatic N) is 5. The Balaban J connectivity index is 0.000000710. The van der Waals surface area contributed by atoms with Crippen LogP contribution in [0.5, 0.6) is 0 Å². The summed E-state index contributed by atoms with van der Waals surface area (Å²) in [4.78, 5) is 50.8. The van der Waals surface area contributed by atoms with E-state index in [2.05, 4.69) is 30.6 Å². The van der Waals surface area contributed by atoms with Gasteiger partial charge in [0.1, 0.15) is 23.0 Å². The molecule has 290 valence electrons. The quantitative estimate of drug-likeness (QED) is 0.299. The van der Waals surface area contributed by atoms with Gasteiger partial charge in [-0.05, 0) is 117 Å². The number of aromatic nitrogens is 4. The SMILES string of the molecule is C.C[C@H](C(=O)NC(C)(C)C)N(C)c1nc(Cl)nc2c1CCC2.C[NH2+][C@H](C)C(=O)NC(C)(C)C.Clc1nc(Cl)c2c(n1)CCC2.O=C([O-])C(F)(F)F. The number of rotatable bonds is 5. The van der Waals surface area contributed by atoms with E-state index in [1.54, 1.807) is 0 Å². The van der Waals surface area contributed by atoms with Crippen LogP contribution in [0.25, 0.3) is 0 Å². The number of aryl methyl sites for hydroxylation is 2. The highest BCUT2D eigenvalue weighted by Crippen LogP contribution is 2.30. The molecule has 4 N–H and O–H groups in total. The summed E-state index contributed by atoms with van der Waals surface area (Å²) < 4.78 is 31.5. The van der Waals surface area contributed by atoms with Crippen molar-refractivity contribution in [2.24, 2.45) is 0 Å². The van der Waals surface area contributed by atoms with E-state index in [9.17, 15) is 22.8 Å². The zero-order valence-electron chi connectivity index (χ0n) is 30.1. The van der Waals surface area contributed by atoms with Crippen LogP contribution in [0, 0.1) is 0 Å². The van der Waals surface area contributed by atoms with Gasteiger partial charge in [0, 0.05) is 29.3 Å². The lowest BCUT2D eigenvalue weighted by molar-refractivity contribution is -0.646. The molecule has 0 saturated carbocycles. The van der Waals surface area contributed by atoms with Gasteiger partial charge in [-0.2, -0.15) is 13.2 Å². The fourth-order valence-electron chi connectivity index (χ4n) is 4.50. The number of likely N-dealkylation sites (N-methyl/N-ethyl adjacent to an activating group) is 2. The van der Waals surface area contributed by atoms with E-state index < -0.39 is 12.1 Å². The van der Waals surface area contributed by atoms with Crippen molar-refractivity contribution in [3.8, 4) is 0 Å². The number of amides is 2. The minimum atomic E-state index is -5.19. The van der Waals surface area contributed by atoms with Crippen molar-refractivity contribution in [3.63, 3.8) is 0 Å². The van der Waals surface area contributed by atoms with Crippen LogP contribution >= 0.6 is 34.8 Å². The first-order valence-electron chi connectivity index (χ1n) is 16.0. The fraction of sp³-hybridized carbons (Fsp3) is 0.667. The second kappa shape index (κ2) is 20.3. The summed E-state index contributed by atoms with van der Waals surface area (Å²) in [7, 11) is 3.77. The number of anilines is 1. The van der Waals surface area contributed by atoms with Crippen LogP contribution < -0.4 is 26.0 Å². The average Bonchev–Trinajstić information content (AvgIpc) is 3.64. The van der Waals surface area contributed by atoms with Gasteiger partial charge in [-0.25, -0.2) is 19.9 Å². The van der Waals surface area contributed by atoms with E-state index in [0.29, 0.717) is 5.15 Å². The number of carbonyl (C=O) groups is 3. The first kappa shape index (κ1) is 48.0. The smallest absolute Gasteiger partial charge is 0.430 e. The number of alkyl halides is 3. The van der Waals surface area contributed by atoms with E-state index in [4.69, 9.17) is 44.7 Å². The van der Waals surface area contributed by atoms with E-state index in [1.165, 1.54) is 0 Å². The number of halogens is 6. The van der Waals surface area contributed by atoms with Gasteiger partial charge in [-0.15, -0.1) is 0 Å². The molecule has 2 heterocycles. The Labute approximate surface area is 314 Å². The highest BCUT2D eigenvalue weighted by atomic mass is 35.5. The summed E-state index contributed by atoms with van der Waals surface area (Å²) in [5, 5.41) is 17.6. The first-order chi connectivity index (χ1) is 22.8. The summed E-state index contributed by atoms with van der Waals surface area (Å²) in [6.45, 7) is 15.6. The molecule has 12 nitrogen and oxygen atoms in total. The Kier molecular flexibility index (Phi) is 19.1. The number of carboxylic acids is 1. The molecule has 4 rings (SSSR count). The van der Waals surface area contributed by atoms with Crippen molar-refractivity contribution >= 4 is 58.4 Å². The monoisotopic (exact) mass is 786 g/mol. The van der Waals surface area contributed by atoms with Crippen molar-refractivity contribution in [1.82, 2.24) is 30.6 Å². The van der Waals surface area contributed by atoms with Crippen LogP contribution in [-0.2, 0) is 40.1 Å². The fourth-order valence-corrected chi connectivity index (χ4v) is 5.20. The predicted octanol–water partition coefficient (Wildman–Crippen LogP) is 4.05. The molecule has 2 aromatic rings. The molecule has 0 bridgehead atoms. The summed E-state index contributed by atoms with van der Waals surface area (Å²) in [5.41, 5.74) is 3.87. The molecule has 0 aliphatic heterocycles. The van der Waals surface area contributed by atoms with Gasteiger partial charge in [0.15, 0.2) is 6.04 Å². The number of aliphatic carboxylic acids is 1. The third-order valence-electron chi connectivity index (χ3n) is 7.18. The molecule has 0 spiro atoms. The third kappa shape index (κ3) is 16.9. The molecule has 0 aromatic carbocycles. The van der Waals surface area contributed by atoms with Gasteiger partial charge in [-0.3, -0.25) is 9.59 Å². The number of carboxylic acid groups (broad SMARTS) is 1. The van der Waals surface area contributed by atoms with E-state index in [1.807, 2.05) is 79.7 Å². The van der Waals surface area contributed by atoms with Crippen molar-refractivity contribution in [2.45, 2.75) is 131 Å². The van der Waals surface area contributed by atoms with Crippen LogP contribution in [0.1, 0.15) is 98.2 Å². The molecule has 0 fully saturated rings. The standard InChI is InChI=1S/C15H23ClN4O.C8H18N2O.C7H6Cl2N2.C2HF3O2.CH4/c1-9(13(21)19-15(2,3)4)20(5)12-10-7-6-8-11(10)17-14(16)18-12;1-6(9-5)7(11)10-8(2,3)4;8-6-4-2-1-3-5(4)10-7(9)11-6;3-2(4,5)1(6)7;/h9H,6-8H2,1-5H3,(H,19,21);6,9H,1-5H3,(H,10,11);1-3H2;(H,6,7);1H4/t9-;6-;;;/m11.../s1. The molecule has 2 atom stereocenters. The Hall–Kier alpha value is -3.01. The number of hydrogen-bond acceptors (Lipinski definition) is 9. The number of fused-ring (bicyclic) bond motifs is 2. The maximum absolute atomic E-state index is 12.3. The molecule has 0 radical (unpaired) electrons. The van der Waals surface area contributed by atoms with Crippen LogP contribution in [-0.4, -0.2) is 81.2 Å². The lowest BCUT2D eigenvalue weighted by atomic mass is 10.1. The Morgan fingerprint density at radius 1 is 0.784 bits per heavy atom. The topological polar surface area (TPSA) is 170 Å². The number of nitrogens with two attached hydrogens (primary N) is 1. The highest BCUT2D eigenvalue weighted by molar-refractivity contribution is 6.32. The van der Waals surface area contributed by atoms with Gasteiger partial charge in [0.2, 0.25) is 16.5 Å². The third-order valence-corrected chi connectivity index (χ3v) is 7.83. The normalized spacial score (nSPS) is 14.3. The summed E-state index contributed by atoms with van der Waals surface area (Å²) >= 11 is 17.5. The highest BCUT2D eigenvalue weighted by Gasteiger charge is 2.29. The van der Waals surface area contributed by atoms with Crippen molar-refractivity contribution in [2.75, 3.05) is 19.0 Å². The molecule has 2 aromatic heterocycles. The molecular weight excluding hydrogens is 736 g/mol. The molecule has 2 aliphatic rings. The number of quaternary nitrogens is 1. The molecule has 51 heavy (non-hydrogen) atoms. The zero-order chi connectivity index (χ0) is 38.8. The summed E-state index contributed by atoms with van der Waals surface area (Å²) in [5.74, 6) is -2.15. The molecule has 18 heteroatoms. The molecule has 2 aliphatic carbocycles. The Morgan fingerprint density at radius 2 is 1.20 bits per heavy atom. The van der Waals surface area contributed by atoms with Gasteiger partial charge in [0.25, 0.3) is 5.91 Å². The zero-order valence-corrected chi connectivity index (χ0v) is 32.4. The number of nitrogens with one attached hydrogen (secondary N) is 2. The predicted molar refractivity (Wildman–Crippen MR) is 192 cm³/mol. The van der Waals surface area contributed by atoms with Crippen molar-refractivity contribution in [1.29, 1.82) is 0 Å². The van der Waals surface area contributed by atoms with E-state index >= 15 is 0 Å². The largest absolute Gasteiger partial charge is 0.542 e. The van der Waals surface area contributed by atoms with Crippen LogP contribution in [0.2, 0.25) is 15.7 Å². The maximum Gasteiger partial charge on any atom is 0.430 e. The molecule has 0 saturated heterocycles. The van der Waals surface area contributed by atoms with Crippen LogP contribution in [0.4, 0.5) is 19.0 Å². The summed E-state index contributed by atoms with van der Waals surface area (Å²) in [6, 6.07) is -0.311. The van der Waals surface area contributed by atoms with Gasteiger partial charge in [0.05, 0.1) is 18.4 Å². The van der Waals surface area contributed by atoms with Crippen molar-refractivity contribution in [3.05, 3.63) is 38.2 Å². The second-order valence-electron chi connectivity index (χ2n) is 13.8. The van der Waals surface area contributed by atoms with Crippen LogP contribution in [0.15, 0.2) is 0 Å².